The van der Waals surface area contributed by atoms with Crippen molar-refractivity contribution in [2.45, 2.75) is 92.0 Å². The number of nitrogens with zero attached hydrogens (tertiary/aromatic N) is 1. The van der Waals surface area contributed by atoms with Crippen molar-refractivity contribution in [3.8, 4) is 11.6 Å². The molecular weight excluding hydrogens is 426 g/mol. The van der Waals surface area contributed by atoms with Gasteiger partial charge in [-0.05, 0) is 91.1 Å². The number of ether oxygens (including phenoxy) is 3. The lowest BCUT2D eigenvalue weighted by Gasteiger charge is -2.29. The van der Waals surface area contributed by atoms with Crippen LogP contribution < -0.4 is 9.47 Å². The third kappa shape index (κ3) is 7.95. The molecule has 0 atom stereocenters. The second kappa shape index (κ2) is 8.99. The molecule has 6 nitrogen and oxygen atoms in total. The van der Waals surface area contributed by atoms with Crippen molar-refractivity contribution in [2.24, 2.45) is 0 Å². The van der Waals surface area contributed by atoms with Gasteiger partial charge in [-0.15, -0.1) is 0 Å². The molecule has 160 valence electrons. The largest absolute Gasteiger partial charge is 0.487 e. The number of halogens is 1. The van der Waals surface area contributed by atoms with E-state index in [0.717, 1.165) is 0 Å². The molecule has 1 aromatic rings. The molecule has 0 aliphatic heterocycles. The van der Waals surface area contributed by atoms with Gasteiger partial charge in [0.25, 0.3) is 0 Å². The summed E-state index contributed by atoms with van der Waals surface area (Å²) >= 11 is 3.48. The van der Waals surface area contributed by atoms with E-state index in [9.17, 15) is 9.90 Å². The van der Waals surface area contributed by atoms with Gasteiger partial charge in [0.2, 0.25) is 5.88 Å². The highest BCUT2D eigenvalue weighted by atomic mass is 79.9. The van der Waals surface area contributed by atoms with Gasteiger partial charge in [-0.2, -0.15) is 0 Å². The molecule has 1 N–H and O–H groups in total. The number of aliphatic hydroxyl groups excluding tert-OH is 1. The second-order valence-corrected chi connectivity index (χ2v) is 10.4. The van der Waals surface area contributed by atoms with Crippen molar-refractivity contribution in [1.82, 2.24) is 4.98 Å². The topological polar surface area (TPSA) is 77.9 Å². The summed E-state index contributed by atoms with van der Waals surface area (Å²) in [6, 6.07) is 0. The molecule has 0 unspecified atom stereocenters. The predicted octanol–water partition coefficient (Wildman–Crippen LogP) is 5.08. The van der Waals surface area contributed by atoms with Crippen LogP contribution in [0.25, 0.3) is 0 Å². The van der Waals surface area contributed by atoms with Crippen molar-refractivity contribution in [2.75, 3.05) is 6.61 Å². The molecule has 1 aromatic heterocycles. The van der Waals surface area contributed by atoms with Crippen LogP contribution in [0.3, 0.4) is 0 Å². The maximum Gasteiger partial charge on any atom is 0.348 e. The summed E-state index contributed by atoms with van der Waals surface area (Å²) in [6.07, 6.45) is 0.995. The fourth-order valence-electron chi connectivity index (χ4n) is 2.32. The lowest BCUT2D eigenvalue weighted by Crippen LogP contribution is -2.30. The first-order valence-corrected chi connectivity index (χ1v) is 10.3. The lowest BCUT2D eigenvalue weighted by molar-refractivity contribution is 0.00500. The molecular formula is C21H34BrNO5. The SMILES string of the molecule is CC(C)(C)OC(=O)c1c(OC(C)(C)C)nc(Br)c(CCCO)c1OC(C)(C)C. The molecule has 0 spiro atoms. The quantitative estimate of drug-likeness (QED) is 0.471. The number of carbonyl (C=O) groups is 1. The van der Waals surface area contributed by atoms with Crippen LogP contribution in [0.15, 0.2) is 4.60 Å². The minimum Gasteiger partial charge on any atom is -0.487 e. The Morgan fingerprint density at radius 1 is 0.964 bits per heavy atom. The Hall–Kier alpha value is -1.34. The summed E-state index contributed by atoms with van der Waals surface area (Å²) in [5.41, 5.74) is -0.964. The Bertz CT molecular complexity index is 697. The molecule has 0 aromatic carbocycles. The van der Waals surface area contributed by atoms with Crippen LogP contribution >= 0.6 is 15.9 Å². The van der Waals surface area contributed by atoms with Gasteiger partial charge in [0.15, 0.2) is 5.56 Å². The van der Waals surface area contributed by atoms with Gasteiger partial charge in [-0.1, -0.05) is 0 Å². The van der Waals surface area contributed by atoms with E-state index < -0.39 is 22.8 Å². The van der Waals surface area contributed by atoms with Gasteiger partial charge >= 0.3 is 5.97 Å². The molecule has 0 saturated heterocycles. The number of rotatable bonds is 6. The monoisotopic (exact) mass is 459 g/mol. The van der Waals surface area contributed by atoms with Crippen molar-refractivity contribution >= 4 is 21.9 Å². The Morgan fingerprint density at radius 2 is 1.50 bits per heavy atom. The van der Waals surface area contributed by atoms with Crippen LogP contribution in [0.4, 0.5) is 0 Å². The van der Waals surface area contributed by atoms with Gasteiger partial charge in [0, 0.05) is 12.2 Å². The fourth-order valence-corrected chi connectivity index (χ4v) is 2.86. The Labute approximate surface area is 177 Å². The highest BCUT2D eigenvalue weighted by Gasteiger charge is 2.33. The molecule has 0 fully saturated rings. The highest BCUT2D eigenvalue weighted by Crippen LogP contribution is 2.40. The summed E-state index contributed by atoms with van der Waals surface area (Å²) < 4.78 is 18.3. The average Bonchev–Trinajstić information content (AvgIpc) is 2.41. The zero-order valence-electron chi connectivity index (χ0n) is 18.5. The minimum absolute atomic E-state index is 0.0173. The molecule has 28 heavy (non-hydrogen) atoms. The van der Waals surface area contributed by atoms with E-state index in [0.29, 0.717) is 28.8 Å². The maximum absolute atomic E-state index is 13.1. The van der Waals surface area contributed by atoms with E-state index in [4.69, 9.17) is 14.2 Å². The molecule has 0 aliphatic carbocycles. The van der Waals surface area contributed by atoms with Gasteiger partial charge in [0.05, 0.1) is 0 Å². The molecule has 7 heteroatoms. The highest BCUT2D eigenvalue weighted by molar-refractivity contribution is 9.10. The maximum atomic E-state index is 13.1. The number of esters is 1. The van der Waals surface area contributed by atoms with Gasteiger partial charge in [-0.25, -0.2) is 9.78 Å². The summed E-state index contributed by atoms with van der Waals surface area (Å²) in [5, 5.41) is 9.29. The Morgan fingerprint density at radius 3 is 1.93 bits per heavy atom. The van der Waals surface area contributed by atoms with Crippen LogP contribution in [0, 0.1) is 0 Å². The van der Waals surface area contributed by atoms with Crippen LogP contribution in [-0.4, -0.2) is 39.5 Å². The fraction of sp³-hybridized carbons (Fsp3) is 0.714. The Kier molecular flexibility index (Phi) is 7.93. The molecule has 1 heterocycles. The third-order valence-electron chi connectivity index (χ3n) is 3.16. The van der Waals surface area contributed by atoms with E-state index in [1.54, 1.807) is 20.8 Å². The smallest absolute Gasteiger partial charge is 0.348 e. The number of aliphatic hydroxyl groups is 1. The normalized spacial score (nSPS) is 12.7. The van der Waals surface area contributed by atoms with Crippen LogP contribution in [-0.2, 0) is 11.2 Å². The number of aromatic nitrogens is 1. The number of pyridine rings is 1. The summed E-state index contributed by atoms with van der Waals surface area (Å²) in [6.45, 7) is 16.8. The Balaban J connectivity index is 3.75. The molecule has 0 bridgehead atoms. The van der Waals surface area contributed by atoms with E-state index in [1.807, 2.05) is 41.5 Å². The summed E-state index contributed by atoms with van der Waals surface area (Å²) in [5.74, 6) is -0.0341. The molecule has 0 saturated carbocycles. The first-order chi connectivity index (χ1) is 12.5. The van der Waals surface area contributed by atoms with Crippen LogP contribution in [0.5, 0.6) is 11.6 Å². The molecule has 0 aliphatic rings. The van der Waals surface area contributed by atoms with Gasteiger partial charge < -0.3 is 19.3 Å². The lowest BCUT2D eigenvalue weighted by atomic mass is 10.1. The number of hydrogen-bond donors (Lipinski definition) is 1. The first kappa shape index (κ1) is 24.7. The molecule has 0 amide bonds. The second-order valence-electron chi connectivity index (χ2n) is 9.65. The molecule has 0 radical (unpaired) electrons. The zero-order valence-corrected chi connectivity index (χ0v) is 20.1. The van der Waals surface area contributed by atoms with E-state index in [1.165, 1.54) is 0 Å². The predicted molar refractivity (Wildman–Crippen MR) is 113 cm³/mol. The van der Waals surface area contributed by atoms with Crippen LogP contribution in [0.1, 0.15) is 84.7 Å². The third-order valence-corrected chi connectivity index (χ3v) is 3.82. The number of carbonyl (C=O) groups excluding carboxylic acids is 1. The molecule has 1 rings (SSSR count). The van der Waals surface area contributed by atoms with Crippen molar-refractivity contribution in [3.63, 3.8) is 0 Å². The van der Waals surface area contributed by atoms with Crippen molar-refractivity contribution < 1.29 is 24.1 Å². The van der Waals surface area contributed by atoms with Crippen LogP contribution in [0.2, 0.25) is 0 Å². The van der Waals surface area contributed by atoms with Crippen molar-refractivity contribution in [1.29, 1.82) is 0 Å². The average molecular weight is 460 g/mol. The van der Waals surface area contributed by atoms with Crippen molar-refractivity contribution in [3.05, 3.63) is 15.7 Å². The standard InChI is InChI=1S/C21H34BrNO5/c1-19(2,3)26-15-13(11-10-12-24)16(22)23-17(27-20(4,5)6)14(15)18(25)28-21(7,8)9/h24H,10-12H2,1-9H3. The van der Waals surface area contributed by atoms with Gasteiger partial charge in [0.1, 0.15) is 27.2 Å². The first-order valence-electron chi connectivity index (χ1n) is 9.48. The zero-order chi connectivity index (χ0) is 21.9. The van der Waals surface area contributed by atoms with E-state index >= 15 is 0 Å². The van der Waals surface area contributed by atoms with E-state index in [2.05, 4.69) is 20.9 Å². The summed E-state index contributed by atoms with van der Waals surface area (Å²) in [4.78, 5) is 17.6. The number of hydrogen-bond acceptors (Lipinski definition) is 6. The van der Waals surface area contributed by atoms with E-state index in [-0.39, 0.29) is 18.1 Å². The van der Waals surface area contributed by atoms with Gasteiger partial charge in [-0.3, -0.25) is 0 Å². The minimum atomic E-state index is -0.687. The summed E-state index contributed by atoms with van der Waals surface area (Å²) in [7, 11) is 0.